The average molecular weight is 492 g/mol. The van der Waals surface area contributed by atoms with Crippen molar-refractivity contribution < 1.29 is 14.3 Å². The first-order valence-corrected chi connectivity index (χ1v) is 12.8. The van der Waals surface area contributed by atoms with Crippen molar-refractivity contribution in [2.45, 2.75) is 51.1 Å². The standard InChI is InChI=1S/C28H37N5O3/c1-19(27(34)31-18-20-5-7-22(8-6-20)26(29)30)32-28(35)24-4-2-3-23(17-24)21-9-11-25(12-10-21)33-13-15-36-16-14-33/h5-12,19,23-24H,2-4,13-18H2,1H3,(H3,29,30)(H,31,34)(H,32,35)/t19-,23-,24+/m0/s1. The van der Waals surface area contributed by atoms with Crippen molar-refractivity contribution in [1.29, 1.82) is 5.41 Å². The Kier molecular flexibility index (Phi) is 8.59. The third kappa shape index (κ3) is 6.63. The second-order valence-electron chi connectivity index (χ2n) is 9.81. The molecule has 36 heavy (non-hydrogen) atoms. The van der Waals surface area contributed by atoms with Gasteiger partial charge in [0, 0.05) is 36.8 Å². The van der Waals surface area contributed by atoms with Crippen molar-refractivity contribution >= 4 is 23.3 Å². The summed E-state index contributed by atoms with van der Waals surface area (Å²) in [6, 6.07) is 15.3. The number of carbonyl (C=O) groups is 2. The Bertz CT molecular complexity index is 1050. The smallest absolute Gasteiger partial charge is 0.242 e. The van der Waals surface area contributed by atoms with Crippen LogP contribution in [-0.2, 0) is 20.9 Å². The van der Waals surface area contributed by atoms with Crippen LogP contribution < -0.4 is 21.3 Å². The number of ether oxygens (including phenoxy) is 1. The van der Waals surface area contributed by atoms with Gasteiger partial charge in [-0.25, -0.2) is 0 Å². The van der Waals surface area contributed by atoms with Crippen LogP contribution in [0.3, 0.4) is 0 Å². The molecule has 1 aliphatic heterocycles. The Hall–Kier alpha value is -3.39. The van der Waals surface area contributed by atoms with E-state index in [0.717, 1.165) is 57.6 Å². The molecular weight excluding hydrogens is 454 g/mol. The van der Waals surface area contributed by atoms with Gasteiger partial charge in [-0.15, -0.1) is 0 Å². The number of amidine groups is 1. The van der Waals surface area contributed by atoms with Crippen molar-refractivity contribution in [3.8, 4) is 0 Å². The minimum absolute atomic E-state index is 0.0110. The van der Waals surface area contributed by atoms with Gasteiger partial charge >= 0.3 is 0 Å². The number of rotatable bonds is 8. The molecule has 2 aliphatic rings. The van der Waals surface area contributed by atoms with Crippen LogP contribution in [0.25, 0.3) is 0 Å². The maximum Gasteiger partial charge on any atom is 0.242 e. The molecular formula is C28H37N5O3. The van der Waals surface area contributed by atoms with E-state index in [1.807, 2.05) is 12.1 Å². The van der Waals surface area contributed by atoms with Crippen LogP contribution in [0.1, 0.15) is 55.2 Å². The molecule has 5 N–H and O–H groups in total. The largest absolute Gasteiger partial charge is 0.384 e. The van der Waals surface area contributed by atoms with Crippen molar-refractivity contribution in [3.63, 3.8) is 0 Å². The van der Waals surface area contributed by atoms with E-state index in [-0.39, 0.29) is 23.6 Å². The molecule has 192 valence electrons. The number of nitrogens with one attached hydrogen (secondary N) is 3. The first-order chi connectivity index (χ1) is 17.4. The van der Waals surface area contributed by atoms with E-state index in [2.05, 4.69) is 39.8 Å². The maximum absolute atomic E-state index is 13.0. The third-order valence-electron chi connectivity index (χ3n) is 7.27. The van der Waals surface area contributed by atoms with Gasteiger partial charge in [-0.2, -0.15) is 0 Å². The molecule has 2 aromatic carbocycles. The first-order valence-electron chi connectivity index (χ1n) is 12.8. The van der Waals surface area contributed by atoms with Gasteiger partial charge < -0.3 is 26.0 Å². The summed E-state index contributed by atoms with van der Waals surface area (Å²) in [5, 5.41) is 13.2. The second-order valence-corrected chi connectivity index (χ2v) is 9.81. The minimum Gasteiger partial charge on any atom is -0.384 e. The van der Waals surface area contributed by atoms with Gasteiger partial charge in [-0.3, -0.25) is 15.0 Å². The lowest BCUT2D eigenvalue weighted by Crippen LogP contribution is -2.47. The SMILES string of the molecule is C[C@H](NC(=O)[C@@H]1CCC[C@H](c2ccc(N3CCOCC3)cc2)C1)C(=O)NCc1ccc(C(=N)N)cc1. The fraction of sp³-hybridized carbons (Fsp3) is 0.464. The number of carbonyl (C=O) groups excluding carboxylic acids is 2. The van der Waals surface area contributed by atoms with E-state index in [1.165, 1.54) is 11.3 Å². The molecule has 0 bridgehead atoms. The summed E-state index contributed by atoms with van der Waals surface area (Å²) >= 11 is 0. The molecule has 8 nitrogen and oxygen atoms in total. The number of hydrogen-bond acceptors (Lipinski definition) is 5. The number of nitrogens with zero attached hydrogens (tertiary/aromatic N) is 1. The molecule has 3 atom stereocenters. The normalized spacial score (nSPS) is 20.9. The van der Waals surface area contributed by atoms with Crippen LogP contribution in [0.15, 0.2) is 48.5 Å². The molecule has 0 aromatic heterocycles. The van der Waals surface area contributed by atoms with Gasteiger partial charge in [0.05, 0.1) is 13.2 Å². The minimum atomic E-state index is -0.609. The zero-order chi connectivity index (χ0) is 25.5. The van der Waals surface area contributed by atoms with E-state index >= 15 is 0 Å². The lowest BCUT2D eigenvalue weighted by Gasteiger charge is -2.31. The number of amides is 2. The molecule has 2 fully saturated rings. The number of nitrogens with two attached hydrogens (primary N) is 1. The summed E-state index contributed by atoms with van der Waals surface area (Å²) < 4.78 is 5.45. The Morgan fingerprint density at radius 1 is 1.08 bits per heavy atom. The number of benzene rings is 2. The van der Waals surface area contributed by atoms with E-state index in [1.54, 1.807) is 19.1 Å². The second kappa shape index (κ2) is 12.0. The lowest BCUT2D eigenvalue weighted by atomic mass is 9.77. The van der Waals surface area contributed by atoms with Crippen LogP contribution in [0.4, 0.5) is 5.69 Å². The maximum atomic E-state index is 13.0. The van der Waals surface area contributed by atoms with Gasteiger partial charge in [0.15, 0.2) is 0 Å². The molecule has 0 spiro atoms. The highest BCUT2D eigenvalue weighted by Crippen LogP contribution is 2.37. The van der Waals surface area contributed by atoms with Gasteiger partial charge in [-0.05, 0) is 55.4 Å². The van der Waals surface area contributed by atoms with Crippen LogP contribution in [0.2, 0.25) is 0 Å². The number of morpholine rings is 1. The van der Waals surface area contributed by atoms with Crippen LogP contribution in [0.5, 0.6) is 0 Å². The summed E-state index contributed by atoms with van der Waals surface area (Å²) in [6.45, 7) is 5.45. The highest BCUT2D eigenvalue weighted by molar-refractivity contribution is 5.94. The van der Waals surface area contributed by atoms with Gasteiger partial charge in [0.25, 0.3) is 0 Å². The molecule has 1 heterocycles. The predicted molar refractivity (Wildman–Crippen MR) is 141 cm³/mol. The zero-order valence-electron chi connectivity index (χ0n) is 21.0. The van der Waals surface area contributed by atoms with E-state index in [4.69, 9.17) is 15.9 Å². The topological polar surface area (TPSA) is 121 Å². The summed E-state index contributed by atoms with van der Waals surface area (Å²) in [4.78, 5) is 27.9. The first kappa shape index (κ1) is 25.7. The number of anilines is 1. The Morgan fingerprint density at radius 2 is 1.78 bits per heavy atom. The quantitative estimate of drug-likeness (QED) is 0.334. The molecule has 2 aromatic rings. The molecule has 0 unspecified atom stereocenters. The summed E-state index contributed by atoms with van der Waals surface area (Å²) in [5.41, 5.74) is 9.53. The molecule has 8 heteroatoms. The van der Waals surface area contributed by atoms with Gasteiger partial charge in [0.2, 0.25) is 11.8 Å². The van der Waals surface area contributed by atoms with Crippen molar-refractivity contribution in [3.05, 3.63) is 65.2 Å². The molecule has 4 rings (SSSR count). The monoisotopic (exact) mass is 491 g/mol. The fourth-order valence-corrected chi connectivity index (χ4v) is 5.05. The summed E-state index contributed by atoms with van der Waals surface area (Å²) in [5.74, 6) is 0.0208. The fourth-order valence-electron chi connectivity index (χ4n) is 5.05. The van der Waals surface area contributed by atoms with Gasteiger partial charge in [-0.1, -0.05) is 42.8 Å². The zero-order valence-corrected chi connectivity index (χ0v) is 21.0. The highest BCUT2D eigenvalue weighted by Gasteiger charge is 2.29. The lowest BCUT2D eigenvalue weighted by molar-refractivity contribution is -0.131. The summed E-state index contributed by atoms with van der Waals surface area (Å²) in [7, 11) is 0. The number of hydrogen-bond donors (Lipinski definition) is 4. The van der Waals surface area contributed by atoms with Gasteiger partial charge in [0.1, 0.15) is 11.9 Å². The molecule has 1 saturated heterocycles. The molecule has 0 radical (unpaired) electrons. The van der Waals surface area contributed by atoms with Crippen molar-refractivity contribution in [2.24, 2.45) is 11.7 Å². The van der Waals surface area contributed by atoms with Crippen LogP contribution in [-0.4, -0.2) is 50.0 Å². The predicted octanol–water partition coefficient (Wildman–Crippen LogP) is 2.90. The van der Waals surface area contributed by atoms with Crippen molar-refractivity contribution in [2.75, 3.05) is 31.2 Å². The average Bonchev–Trinajstić information content (AvgIpc) is 2.92. The van der Waals surface area contributed by atoms with Crippen molar-refractivity contribution in [1.82, 2.24) is 10.6 Å². The Morgan fingerprint density at radius 3 is 2.44 bits per heavy atom. The molecule has 1 aliphatic carbocycles. The molecule has 2 amide bonds. The van der Waals surface area contributed by atoms with E-state index in [9.17, 15) is 9.59 Å². The van der Waals surface area contributed by atoms with E-state index in [0.29, 0.717) is 18.0 Å². The third-order valence-corrected chi connectivity index (χ3v) is 7.27. The van der Waals surface area contributed by atoms with E-state index < -0.39 is 6.04 Å². The Labute approximate surface area is 213 Å². The Balaban J connectivity index is 1.25. The number of nitrogen functional groups attached to an aromatic ring is 1. The van der Waals surface area contributed by atoms with Crippen LogP contribution in [0, 0.1) is 11.3 Å². The summed E-state index contributed by atoms with van der Waals surface area (Å²) in [6.07, 6.45) is 3.74. The molecule has 1 saturated carbocycles. The van der Waals surface area contributed by atoms with Crippen LogP contribution >= 0.6 is 0 Å². The highest BCUT2D eigenvalue weighted by atomic mass is 16.5.